The topological polar surface area (TPSA) is 26.3 Å². The average Bonchev–Trinajstić information content (AvgIpc) is 2.05. The van der Waals surface area contributed by atoms with Gasteiger partial charge in [0.25, 0.3) is 0 Å². The Hall–Kier alpha value is -0.880. The fourth-order valence-corrected chi connectivity index (χ4v) is 1.36. The number of hydrogen-bond donors (Lipinski definition) is 0. The van der Waals surface area contributed by atoms with E-state index < -0.39 is 7.80 Å². The standard InChI is InChI=1S/C8H10O2P/c1-10-7-3-5-8(6-4-7)11(2)9/h3-6H,1-2H3/q+1. The second-order valence-corrected chi connectivity index (χ2v) is 3.71. The van der Waals surface area contributed by atoms with Gasteiger partial charge in [0.1, 0.15) is 12.4 Å². The van der Waals surface area contributed by atoms with E-state index in [2.05, 4.69) is 0 Å². The molecule has 0 spiro atoms. The molecule has 1 unspecified atom stereocenters. The van der Waals surface area contributed by atoms with Crippen molar-refractivity contribution in [3.8, 4) is 5.75 Å². The Bertz CT molecular complexity index is 253. The summed E-state index contributed by atoms with van der Waals surface area (Å²) in [6, 6.07) is 7.26. The van der Waals surface area contributed by atoms with Gasteiger partial charge in [0.2, 0.25) is 0 Å². The summed E-state index contributed by atoms with van der Waals surface area (Å²) in [4.78, 5) is 0. The van der Waals surface area contributed by atoms with Crippen LogP contribution in [0.25, 0.3) is 0 Å². The lowest BCUT2D eigenvalue weighted by Crippen LogP contribution is -1.94. The third kappa shape index (κ3) is 2.02. The Morgan fingerprint density at radius 3 is 2.18 bits per heavy atom. The Kier molecular flexibility index (Phi) is 2.61. The molecule has 11 heavy (non-hydrogen) atoms. The molecule has 0 aliphatic heterocycles. The van der Waals surface area contributed by atoms with Gasteiger partial charge in [-0.1, -0.05) is 4.57 Å². The number of benzene rings is 1. The zero-order valence-corrected chi connectivity index (χ0v) is 7.47. The maximum atomic E-state index is 11.0. The summed E-state index contributed by atoms with van der Waals surface area (Å²) in [6.07, 6.45) is 0. The largest absolute Gasteiger partial charge is 0.497 e. The molecule has 0 fully saturated rings. The van der Waals surface area contributed by atoms with Crippen LogP contribution in [0.1, 0.15) is 0 Å². The van der Waals surface area contributed by atoms with Gasteiger partial charge in [0.05, 0.1) is 7.11 Å². The molecule has 0 saturated heterocycles. The maximum absolute atomic E-state index is 11.0. The van der Waals surface area contributed by atoms with E-state index in [1.165, 1.54) is 0 Å². The normalized spacial score (nSPS) is 10.9. The van der Waals surface area contributed by atoms with Crippen LogP contribution in [0.15, 0.2) is 24.3 Å². The van der Waals surface area contributed by atoms with Crippen LogP contribution in [-0.2, 0) is 4.57 Å². The van der Waals surface area contributed by atoms with Gasteiger partial charge in [-0.3, -0.25) is 0 Å². The smallest absolute Gasteiger partial charge is 0.373 e. The lowest BCUT2D eigenvalue weighted by atomic mass is 10.3. The van der Waals surface area contributed by atoms with Gasteiger partial charge in [0.15, 0.2) is 5.30 Å². The molecule has 0 bridgehead atoms. The molecular formula is C8H10O2P+. The van der Waals surface area contributed by atoms with Crippen molar-refractivity contribution in [1.82, 2.24) is 0 Å². The molecule has 2 nitrogen and oxygen atoms in total. The summed E-state index contributed by atoms with van der Waals surface area (Å²) < 4.78 is 15.9. The predicted octanol–water partition coefficient (Wildman–Crippen LogP) is 1.78. The molecule has 58 valence electrons. The summed E-state index contributed by atoms with van der Waals surface area (Å²) in [5.74, 6) is 0.797. The molecule has 0 aliphatic rings. The summed E-state index contributed by atoms with van der Waals surface area (Å²) in [6.45, 7) is 1.69. The quantitative estimate of drug-likeness (QED) is 0.631. The number of methoxy groups -OCH3 is 1. The minimum absolute atomic E-state index is 0.797. The van der Waals surface area contributed by atoms with Gasteiger partial charge in [-0.2, -0.15) is 0 Å². The van der Waals surface area contributed by atoms with E-state index in [0.717, 1.165) is 11.1 Å². The first-order valence-corrected chi connectivity index (χ1v) is 4.99. The number of rotatable bonds is 2. The Balaban J connectivity index is 2.91. The molecule has 0 aromatic heterocycles. The molecule has 1 atom stereocenters. The first kappa shape index (κ1) is 8.22. The summed E-state index contributed by atoms with van der Waals surface area (Å²) in [7, 11) is 0.394. The van der Waals surface area contributed by atoms with E-state index in [4.69, 9.17) is 4.74 Å². The summed E-state index contributed by atoms with van der Waals surface area (Å²) >= 11 is 0. The third-order valence-corrected chi connectivity index (χ3v) is 2.46. The highest BCUT2D eigenvalue weighted by molar-refractivity contribution is 7.52. The van der Waals surface area contributed by atoms with Crippen LogP contribution in [0.4, 0.5) is 0 Å². The highest BCUT2D eigenvalue weighted by Gasteiger charge is 2.09. The average molecular weight is 169 g/mol. The zero-order valence-electron chi connectivity index (χ0n) is 6.57. The van der Waals surface area contributed by atoms with Crippen molar-refractivity contribution < 1.29 is 9.30 Å². The van der Waals surface area contributed by atoms with E-state index in [1.54, 1.807) is 13.8 Å². The molecule has 0 aliphatic carbocycles. The van der Waals surface area contributed by atoms with Crippen molar-refractivity contribution in [2.75, 3.05) is 13.8 Å². The van der Waals surface area contributed by atoms with Crippen LogP contribution in [0.3, 0.4) is 0 Å². The third-order valence-electron chi connectivity index (χ3n) is 1.44. The van der Waals surface area contributed by atoms with Crippen LogP contribution in [0.2, 0.25) is 0 Å². The fraction of sp³-hybridized carbons (Fsp3) is 0.250. The lowest BCUT2D eigenvalue weighted by Gasteiger charge is -1.95. The van der Waals surface area contributed by atoms with E-state index in [-0.39, 0.29) is 0 Å². The Morgan fingerprint density at radius 1 is 1.27 bits per heavy atom. The monoisotopic (exact) mass is 169 g/mol. The molecule has 1 rings (SSSR count). The SMILES string of the molecule is COc1ccc([P+](C)=O)cc1. The molecule has 0 N–H and O–H groups in total. The zero-order chi connectivity index (χ0) is 8.27. The van der Waals surface area contributed by atoms with Crippen molar-refractivity contribution in [3.05, 3.63) is 24.3 Å². The van der Waals surface area contributed by atoms with Crippen LogP contribution in [-0.4, -0.2) is 13.8 Å². The lowest BCUT2D eigenvalue weighted by molar-refractivity contribution is 0.415. The number of ether oxygens (including phenoxy) is 1. The minimum Gasteiger partial charge on any atom is -0.497 e. The van der Waals surface area contributed by atoms with Gasteiger partial charge in [0, 0.05) is 0 Å². The van der Waals surface area contributed by atoms with E-state index in [9.17, 15) is 4.57 Å². The van der Waals surface area contributed by atoms with Crippen molar-refractivity contribution in [2.24, 2.45) is 0 Å². The van der Waals surface area contributed by atoms with Crippen LogP contribution in [0.5, 0.6) is 5.75 Å². The highest BCUT2D eigenvalue weighted by atomic mass is 31.1. The minimum atomic E-state index is -1.22. The Labute approximate surface area is 67.0 Å². The van der Waals surface area contributed by atoms with Gasteiger partial charge >= 0.3 is 7.80 Å². The molecular weight excluding hydrogens is 159 g/mol. The molecule has 1 aromatic carbocycles. The molecule has 3 heteroatoms. The second kappa shape index (κ2) is 3.49. The second-order valence-electron chi connectivity index (χ2n) is 2.20. The van der Waals surface area contributed by atoms with Gasteiger partial charge in [-0.25, -0.2) is 0 Å². The van der Waals surface area contributed by atoms with Crippen molar-refractivity contribution in [1.29, 1.82) is 0 Å². The Morgan fingerprint density at radius 2 is 1.82 bits per heavy atom. The summed E-state index contributed by atoms with van der Waals surface area (Å²) in [5.41, 5.74) is 0. The van der Waals surface area contributed by atoms with Crippen molar-refractivity contribution >= 4 is 13.1 Å². The predicted molar refractivity (Wildman–Crippen MR) is 46.2 cm³/mol. The molecule has 0 heterocycles. The first-order chi connectivity index (χ1) is 5.24. The molecule has 0 radical (unpaired) electrons. The maximum Gasteiger partial charge on any atom is 0.373 e. The highest BCUT2D eigenvalue weighted by Crippen LogP contribution is 2.15. The number of hydrogen-bond acceptors (Lipinski definition) is 2. The van der Waals surface area contributed by atoms with Gasteiger partial charge in [-0.05, 0) is 24.3 Å². The summed E-state index contributed by atoms with van der Waals surface area (Å²) in [5, 5.41) is 0.862. The van der Waals surface area contributed by atoms with Crippen molar-refractivity contribution in [2.45, 2.75) is 0 Å². The molecule has 0 amide bonds. The van der Waals surface area contributed by atoms with Crippen LogP contribution in [0, 0.1) is 0 Å². The van der Waals surface area contributed by atoms with Crippen molar-refractivity contribution in [3.63, 3.8) is 0 Å². The fourth-order valence-electron chi connectivity index (χ4n) is 0.792. The first-order valence-electron chi connectivity index (χ1n) is 3.29. The van der Waals surface area contributed by atoms with E-state index in [0.29, 0.717) is 0 Å². The van der Waals surface area contributed by atoms with Gasteiger partial charge < -0.3 is 4.74 Å². The molecule has 0 saturated carbocycles. The van der Waals surface area contributed by atoms with Crippen LogP contribution < -0.4 is 10.0 Å². The molecule has 1 aromatic rings. The van der Waals surface area contributed by atoms with Crippen LogP contribution >= 0.6 is 7.80 Å². The van der Waals surface area contributed by atoms with E-state index in [1.807, 2.05) is 24.3 Å². The van der Waals surface area contributed by atoms with E-state index >= 15 is 0 Å². The van der Waals surface area contributed by atoms with Gasteiger partial charge in [-0.15, -0.1) is 0 Å².